The van der Waals surface area contributed by atoms with Gasteiger partial charge < -0.3 is 15.4 Å². The van der Waals surface area contributed by atoms with Crippen molar-refractivity contribution in [2.75, 3.05) is 17.2 Å². The molecule has 0 bridgehead atoms. The Labute approximate surface area is 122 Å². The first-order valence-corrected chi connectivity index (χ1v) is 6.94. The molecule has 1 aliphatic rings. The molecular weight excluding hydrogens is 271 g/mol. The van der Waals surface area contributed by atoms with Crippen LogP contribution in [-0.2, 0) is 6.42 Å². The molecule has 2 aromatic rings. The van der Waals surface area contributed by atoms with Gasteiger partial charge in [-0.2, -0.15) is 0 Å². The zero-order chi connectivity index (χ0) is 14.8. The molecule has 1 aromatic carbocycles. The van der Waals surface area contributed by atoms with Gasteiger partial charge in [0.25, 0.3) is 0 Å². The van der Waals surface area contributed by atoms with Gasteiger partial charge in [0.2, 0.25) is 0 Å². The molecule has 0 fully saturated rings. The van der Waals surface area contributed by atoms with Gasteiger partial charge in [-0.25, -0.2) is 14.4 Å². The van der Waals surface area contributed by atoms with Crippen LogP contribution in [0.3, 0.4) is 0 Å². The highest BCUT2D eigenvalue weighted by Gasteiger charge is 2.18. The van der Waals surface area contributed by atoms with Crippen LogP contribution < -0.4 is 15.4 Å². The van der Waals surface area contributed by atoms with E-state index in [2.05, 4.69) is 20.6 Å². The first-order valence-electron chi connectivity index (χ1n) is 6.94. The minimum Gasteiger partial charge on any atom is -0.489 e. The van der Waals surface area contributed by atoms with E-state index in [-0.39, 0.29) is 11.9 Å². The van der Waals surface area contributed by atoms with Gasteiger partial charge in [-0.15, -0.1) is 0 Å². The average Bonchev–Trinajstić information content (AvgIpc) is 2.90. The second kappa shape index (κ2) is 5.55. The maximum atomic E-state index is 13.4. The highest BCUT2D eigenvalue weighted by Crippen LogP contribution is 2.33. The normalized spacial score (nSPS) is 13.0. The molecule has 0 saturated carbocycles. The predicted molar refractivity (Wildman–Crippen MR) is 79.7 cm³/mol. The zero-order valence-electron chi connectivity index (χ0n) is 12.0. The molecule has 3 rings (SSSR count). The lowest BCUT2D eigenvalue weighted by molar-refractivity contribution is 0.243. The van der Waals surface area contributed by atoms with Crippen LogP contribution in [0.5, 0.6) is 5.75 Å². The first-order chi connectivity index (χ1) is 10.1. The molecule has 6 heteroatoms. The SMILES string of the molecule is CC(C)Oc1cc(F)ccc1Nc1ncnc2c1NCC2. The Kier molecular flexibility index (Phi) is 3.60. The number of nitrogens with one attached hydrogen (secondary N) is 2. The molecule has 0 amide bonds. The van der Waals surface area contributed by atoms with Crippen LogP contribution in [0.15, 0.2) is 24.5 Å². The lowest BCUT2D eigenvalue weighted by Crippen LogP contribution is -2.08. The summed E-state index contributed by atoms with van der Waals surface area (Å²) in [6.45, 7) is 4.65. The lowest BCUT2D eigenvalue weighted by Gasteiger charge is -2.16. The number of anilines is 3. The number of ether oxygens (including phenoxy) is 1. The number of halogens is 1. The van der Waals surface area contributed by atoms with E-state index in [0.29, 0.717) is 17.3 Å². The fraction of sp³-hybridized carbons (Fsp3) is 0.333. The van der Waals surface area contributed by atoms with Gasteiger partial charge in [0.05, 0.1) is 23.2 Å². The van der Waals surface area contributed by atoms with Crippen molar-refractivity contribution in [2.45, 2.75) is 26.4 Å². The van der Waals surface area contributed by atoms with E-state index in [1.54, 1.807) is 6.07 Å². The van der Waals surface area contributed by atoms with Crippen LogP contribution in [0.1, 0.15) is 19.5 Å². The van der Waals surface area contributed by atoms with Crippen LogP contribution in [0.4, 0.5) is 21.6 Å². The third kappa shape index (κ3) is 2.89. The number of hydrogen-bond donors (Lipinski definition) is 2. The third-order valence-electron chi connectivity index (χ3n) is 3.15. The molecule has 0 saturated heterocycles. The highest BCUT2D eigenvalue weighted by atomic mass is 19.1. The van der Waals surface area contributed by atoms with E-state index in [0.717, 1.165) is 24.3 Å². The van der Waals surface area contributed by atoms with Crippen LogP contribution in [-0.4, -0.2) is 22.6 Å². The molecule has 110 valence electrons. The van der Waals surface area contributed by atoms with E-state index in [1.165, 1.54) is 18.5 Å². The summed E-state index contributed by atoms with van der Waals surface area (Å²) in [6.07, 6.45) is 2.37. The van der Waals surface area contributed by atoms with Crippen LogP contribution in [0.25, 0.3) is 0 Å². The smallest absolute Gasteiger partial charge is 0.157 e. The Bertz CT molecular complexity index is 660. The molecule has 5 nitrogen and oxygen atoms in total. The lowest BCUT2D eigenvalue weighted by atomic mass is 10.2. The summed E-state index contributed by atoms with van der Waals surface area (Å²) in [5.41, 5.74) is 2.57. The van der Waals surface area contributed by atoms with E-state index in [9.17, 15) is 4.39 Å². The van der Waals surface area contributed by atoms with Gasteiger partial charge in [0, 0.05) is 19.0 Å². The second-order valence-electron chi connectivity index (χ2n) is 5.15. The molecule has 2 N–H and O–H groups in total. The minimum absolute atomic E-state index is 0.0402. The van der Waals surface area contributed by atoms with E-state index in [1.807, 2.05) is 13.8 Å². The standard InChI is InChI=1S/C15H17FN4O/c1-9(2)21-13-7-10(16)3-4-11(13)20-15-14-12(5-6-17-14)18-8-19-15/h3-4,7-9,17H,5-6H2,1-2H3,(H,18,19,20). The number of nitrogens with zero attached hydrogens (tertiary/aromatic N) is 2. The van der Waals surface area contributed by atoms with E-state index >= 15 is 0 Å². The number of fused-ring (bicyclic) bond motifs is 1. The Hall–Kier alpha value is -2.37. The van der Waals surface area contributed by atoms with E-state index in [4.69, 9.17) is 4.74 Å². The molecule has 0 radical (unpaired) electrons. The summed E-state index contributed by atoms with van der Waals surface area (Å²) < 4.78 is 19.1. The van der Waals surface area contributed by atoms with Gasteiger partial charge in [0.15, 0.2) is 5.82 Å². The summed E-state index contributed by atoms with van der Waals surface area (Å²) in [7, 11) is 0. The zero-order valence-corrected chi connectivity index (χ0v) is 12.0. The summed E-state index contributed by atoms with van der Waals surface area (Å²) in [6, 6.07) is 4.41. The topological polar surface area (TPSA) is 59.1 Å². The quantitative estimate of drug-likeness (QED) is 0.905. The summed E-state index contributed by atoms with van der Waals surface area (Å²) in [5.74, 6) is 0.815. The molecule has 21 heavy (non-hydrogen) atoms. The van der Waals surface area contributed by atoms with Crippen molar-refractivity contribution in [1.82, 2.24) is 9.97 Å². The van der Waals surface area contributed by atoms with Crippen molar-refractivity contribution in [3.05, 3.63) is 36.0 Å². The minimum atomic E-state index is -0.331. The highest BCUT2D eigenvalue weighted by molar-refractivity contribution is 5.76. The Balaban J connectivity index is 1.93. The van der Waals surface area contributed by atoms with Gasteiger partial charge >= 0.3 is 0 Å². The predicted octanol–water partition coefficient (Wildman–Crippen LogP) is 3.11. The molecule has 2 heterocycles. The second-order valence-corrected chi connectivity index (χ2v) is 5.15. The third-order valence-corrected chi connectivity index (χ3v) is 3.15. The van der Waals surface area contributed by atoms with Crippen molar-refractivity contribution in [3.8, 4) is 5.75 Å². The van der Waals surface area contributed by atoms with Gasteiger partial charge in [0.1, 0.15) is 17.9 Å². The molecule has 0 atom stereocenters. The van der Waals surface area contributed by atoms with Crippen LogP contribution >= 0.6 is 0 Å². The Morgan fingerprint density at radius 1 is 1.33 bits per heavy atom. The molecule has 0 aliphatic carbocycles. The first kappa shape index (κ1) is 13.6. The molecule has 1 aliphatic heterocycles. The monoisotopic (exact) mass is 288 g/mol. The number of rotatable bonds is 4. The van der Waals surface area contributed by atoms with Crippen molar-refractivity contribution in [2.24, 2.45) is 0 Å². The molecule has 1 aromatic heterocycles. The van der Waals surface area contributed by atoms with Crippen LogP contribution in [0.2, 0.25) is 0 Å². The maximum absolute atomic E-state index is 13.4. The van der Waals surface area contributed by atoms with Crippen molar-refractivity contribution >= 4 is 17.2 Å². The molecule has 0 spiro atoms. The fourth-order valence-corrected chi connectivity index (χ4v) is 2.28. The Morgan fingerprint density at radius 3 is 3.00 bits per heavy atom. The summed E-state index contributed by atoms with van der Waals surface area (Å²) in [5, 5.41) is 6.46. The van der Waals surface area contributed by atoms with Crippen molar-refractivity contribution in [3.63, 3.8) is 0 Å². The largest absolute Gasteiger partial charge is 0.489 e. The van der Waals surface area contributed by atoms with Gasteiger partial charge in [-0.05, 0) is 26.0 Å². The number of hydrogen-bond acceptors (Lipinski definition) is 5. The maximum Gasteiger partial charge on any atom is 0.157 e. The molecular formula is C15H17FN4O. The van der Waals surface area contributed by atoms with Crippen LogP contribution in [0, 0.1) is 5.82 Å². The summed E-state index contributed by atoms with van der Waals surface area (Å²) >= 11 is 0. The van der Waals surface area contributed by atoms with Gasteiger partial charge in [-0.3, -0.25) is 0 Å². The van der Waals surface area contributed by atoms with Gasteiger partial charge in [-0.1, -0.05) is 0 Å². The number of benzene rings is 1. The average molecular weight is 288 g/mol. The summed E-state index contributed by atoms with van der Waals surface area (Å²) in [4.78, 5) is 8.50. The van der Waals surface area contributed by atoms with Crippen molar-refractivity contribution in [1.29, 1.82) is 0 Å². The molecule has 0 unspecified atom stereocenters. The van der Waals surface area contributed by atoms with E-state index < -0.39 is 0 Å². The fourth-order valence-electron chi connectivity index (χ4n) is 2.28. The van der Waals surface area contributed by atoms with Crippen molar-refractivity contribution < 1.29 is 9.13 Å². The Morgan fingerprint density at radius 2 is 2.19 bits per heavy atom. The number of aromatic nitrogens is 2.